The Morgan fingerprint density at radius 3 is 2.50 bits per heavy atom. The number of rotatable bonds is 2. The summed E-state index contributed by atoms with van der Waals surface area (Å²) in [7, 11) is 1.72. The summed E-state index contributed by atoms with van der Waals surface area (Å²) in [4.78, 5) is 14.5. The van der Waals surface area contributed by atoms with E-state index in [-0.39, 0.29) is 5.91 Å². The largest absolute Gasteiger partial charge is 0.311 e. The Balaban J connectivity index is 2.26. The molecule has 0 N–H and O–H groups in total. The first kappa shape index (κ1) is 12.8. The molecule has 0 radical (unpaired) electrons. The van der Waals surface area contributed by atoms with Gasteiger partial charge in [0.1, 0.15) is 4.88 Å². The lowest BCUT2D eigenvalue weighted by molar-refractivity contribution is 0.0996. The van der Waals surface area contributed by atoms with Gasteiger partial charge in [-0.3, -0.25) is 4.79 Å². The zero-order chi connectivity index (χ0) is 13.1. The van der Waals surface area contributed by atoms with Gasteiger partial charge >= 0.3 is 0 Å². The summed E-state index contributed by atoms with van der Waals surface area (Å²) in [5.74, 6) is -0.0680. The molecule has 5 heteroatoms. The summed E-state index contributed by atoms with van der Waals surface area (Å²) in [6, 6.07) is 10.8. The van der Waals surface area contributed by atoms with Crippen molar-refractivity contribution < 1.29 is 4.79 Å². The average molecular weight is 321 g/mol. The molecule has 18 heavy (non-hydrogen) atoms. The Hall–Kier alpha value is -1.64. The van der Waals surface area contributed by atoms with Crippen molar-refractivity contribution in [1.29, 1.82) is 5.26 Å². The molecule has 90 valence electrons. The Kier molecular flexibility index (Phi) is 3.80. The fourth-order valence-corrected chi connectivity index (χ4v) is 2.99. The molecule has 2 rings (SSSR count). The van der Waals surface area contributed by atoms with Crippen LogP contribution in [0.25, 0.3) is 0 Å². The maximum atomic E-state index is 12.2. The lowest BCUT2D eigenvalue weighted by Crippen LogP contribution is -2.25. The summed E-state index contributed by atoms with van der Waals surface area (Å²) >= 11 is 4.75. The van der Waals surface area contributed by atoms with Crippen molar-refractivity contribution in [2.24, 2.45) is 0 Å². The van der Waals surface area contributed by atoms with Crippen LogP contribution in [0.1, 0.15) is 15.2 Å². The van der Waals surface area contributed by atoms with Gasteiger partial charge in [-0.15, -0.1) is 11.3 Å². The van der Waals surface area contributed by atoms with Gasteiger partial charge in [-0.1, -0.05) is 0 Å². The minimum Gasteiger partial charge on any atom is -0.311 e. The Bertz CT molecular complexity index is 613. The number of carbonyl (C=O) groups excluding carboxylic acids is 1. The van der Waals surface area contributed by atoms with E-state index in [9.17, 15) is 4.79 Å². The van der Waals surface area contributed by atoms with Crippen LogP contribution in [0.5, 0.6) is 0 Å². The standard InChI is InChI=1S/C13H9BrN2OS/c1-16(10-4-2-9(8-15)3-5-10)13(17)12-11(14)6-7-18-12/h2-7H,1H3. The topological polar surface area (TPSA) is 44.1 Å². The second-order valence-corrected chi connectivity index (χ2v) is 5.39. The highest BCUT2D eigenvalue weighted by Gasteiger charge is 2.17. The van der Waals surface area contributed by atoms with E-state index < -0.39 is 0 Å². The summed E-state index contributed by atoms with van der Waals surface area (Å²) in [5.41, 5.74) is 1.34. The summed E-state index contributed by atoms with van der Waals surface area (Å²) in [6.45, 7) is 0. The van der Waals surface area contributed by atoms with E-state index in [2.05, 4.69) is 22.0 Å². The van der Waals surface area contributed by atoms with Crippen molar-refractivity contribution in [3.63, 3.8) is 0 Å². The lowest BCUT2D eigenvalue weighted by Gasteiger charge is -2.16. The summed E-state index contributed by atoms with van der Waals surface area (Å²) < 4.78 is 0.804. The second kappa shape index (κ2) is 5.34. The number of benzene rings is 1. The molecule has 0 aliphatic carbocycles. The van der Waals surface area contributed by atoms with Crippen LogP contribution in [0.15, 0.2) is 40.2 Å². The molecule has 0 unspecified atom stereocenters. The predicted octanol–water partition coefficient (Wildman–Crippen LogP) is 3.66. The number of anilines is 1. The Morgan fingerprint density at radius 2 is 2.00 bits per heavy atom. The monoisotopic (exact) mass is 320 g/mol. The molecule has 0 aliphatic rings. The minimum atomic E-state index is -0.0680. The summed E-state index contributed by atoms with van der Waals surface area (Å²) in [5, 5.41) is 10.6. The van der Waals surface area contributed by atoms with Gasteiger partial charge in [-0.25, -0.2) is 0 Å². The van der Waals surface area contributed by atoms with Gasteiger partial charge in [0.2, 0.25) is 0 Å². The van der Waals surface area contributed by atoms with Crippen LogP contribution in [0.4, 0.5) is 5.69 Å². The molecular weight excluding hydrogens is 312 g/mol. The number of carbonyl (C=O) groups is 1. The molecule has 2 aromatic rings. The highest BCUT2D eigenvalue weighted by atomic mass is 79.9. The number of nitrogens with zero attached hydrogens (tertiary/aromatic N) is 2. The average Bonchev–Trinajstić information content (AvgIpc) is 2.83. The van der Waals surface area contributed by atoms with Crippen LogP contribution in [0, 0.1) is 11.3 Å². The van der Waals surface area contributed by atoms with E-state index in [1.54, 1.807) is 36.2 Å². The molecule has 1 aromatic heterocycles. The molecule has 0 atom stereocenters. The number of hydrogen-bond acceptors (Lipinski definition) is 3. The van der Waals surface area contributed by atoms with Crippen LogP contribution in [0.3, 0.4) is 0 Å². The smallest absolute Gasteiger partial charge is 0.269 e. The number of halogens is 1. The van der Waals surface area contributed by atoms with Crippen LogP contribution < -0.4 is 4.90 Å². The highest BCUT2D eigenvalue weighted by Crippen LogP contribution is 2.26. The molecule has 0 fully saturated rings. The van der Waals surface area contributed by atoms with Crippen molar-refractivity contribution in [1.82, 2.24) is 0 Å². The molecule has 0 spiro atoms. The number of hydrogen-bond donors (Lipinski definition) is 0. The zero-order valence-corrected chi connectivity index (χ0v) is 12.0. The Morgan fingerprint density at radius 1 is 1.33 bits per heavy atom. The van der Waals surface area contributed by atoms with Crippen molar-refractivity contribution in [2.45, 2.75) is 0 Å². The molecule has 0 bridgehead atoms. The molecular formula is C13H9BrN2OS. The van der Waals surface area contributed by atoms with E-state index in [0.29, 0.717) is 10.4 Å². The minimum absolute atomic E-state index is 0.0680. The number of thiophene rings is 1. The van der Waals surface area contributed by atoms with E-state index in [1.807, 2.05) is 11.4 Å². The van der Waals surface area contributed by atoms with Crippen molar-refractivity contribution >= 4 is 38.9 Å². The first-order valence-corrected chi connectivity index (χ1v) is 6.82. The van der Waals surface area contributed by atoms with Gasteiger partial charge < -0.3 is 4.90 Å². The first-order chi connectivity index (χ1) is 8.63. The molecule has 1 aromatic carbocycles. The fourth-order valence-electron chi connectivity index (χ4n) is 1.48. The van der Waals surface area contributed by atoms with E-state index in [4.69, 9.17) is 5.26 Å². The lowest BCUT2D eigenvalue weighted by atomic mass is 10.2. The molecule has 3 nitrogen and oxygen atoms in total. The van der Waals surface area contributed by atoms with Crippen molar-refractivity contribution in [3.8, 4) is 6.07 Å². The van der Waals surface area contributed by atoms with Crippen LogP contribution in [-0.4, -0.2) is 13.0 Å². The SMILES string of the molecule is CN(C(=O)c1sccc1Br)c1ccc(C#N)cc1. The third-order valence-electron chi connectivity index (χ3n) is 2.50. The van der Waals surface area contributed by atoms with Gasteiger partial charge in [0, 0.05) is 17.2 Å². The van der Waals surface area contributed by atoms with Crippen molar-refractivity contribution in [3.05, 3.63) is 50.6 Å². The van der Waals surface area contributed by atoms with Crippen LogP contribution in [-0.2, 0) is 0 Å². The Labute approximate surface area is 117 Å². The summed E-state index contributed by atoms with van der Waals surface area (Å²) in [6.07, 6.45) is 0. The molecule has 0 saturated carbocycles. The maximum absolute atomic E-state index is 12.2. The second-order valence-electron chi connectivity index (χ2n) is 3.62. The highest BCUT2D eigenvalue weighted by molar-refractivity contribution is 9.10. The van der Waals surface area contributed by atoms with Crippen molar-refractivity contribution in [2.75, 3.05) is 11.9 Å². The third-order valence-corrected chi connectivity index (χ3v) is 4.33. The zero-order valence-electron chi connectivity index (χ0n) is 9.55. The third kappa shape index (κ3) is 2.45. The van der Waals surface area contributed by atoms with Gasteiger partial charge in [-0.05, 0) is 51.6 Å². The molecule has 0 saturated heterocycles. The molecule has 1 amide bonds. The first-order valence-electron chi connectivity index (χ1n) is 5.14. The normalized spacial score (nSPS) is 9.83. The van der Waals surface area contributed by atoms with E-state index in [1.165, 1.54) is 11.3 Å². The van der Waals surface area contributed by atoms with Gasteiger partial charge in [0.25, 0.3) is 5.91 Å². The van der Waals surface area contributed by atoms with Gasteiger partial charge in [0.15, 0.2) is 0 Å². The van der Waals surface area contributed by atoms with Gasteiger partial charge in [0.05, 0.1) is 11.6 Å². The van der Waals surface area contributed by atoms with E-state index >= 15 is 0 Å². The molecule has 0 aliphatic heterocycles. The van der Waals surface area contributed by atoms with Crippen LogP contribution in [0.2, 0.25) is 0 Å². The maximum Gasteiger partial charge on any atom is 0.269 e. The number of amides is 1. The molecule has 1 heterocycles. The quantitative estimate of drug-likeness (QED) is 0.847. The predicted molar refractivity (Wildman–Crippen MR) is 75.9 cm³/mol. The number of nitriles is 1. The van der Waals surface area contributed by atoms with E-state index in [0.717, 1.165) is 10.2 Å². The fraction of sp³-hybridized carbons (Fsp3) is 0.0769. The van der Waals surface area contributed by atoms with Crippen LogP contribution >= 0.6 is 27.3 Å². The van der Waals surface area contributed by atoms with Gasteiger partial charge in [-0.2, -0.15) is 5.26 Å².